The van der Waals surface area contributed by atoms with E-state index in [1.54, 1.807) is 0 Å². The summed E-state index contributed by atoms with van der Waals surface area (Å²) >= 11 is 0. The number of nitrogens with two attached hydrogens (primary N) is 1. The molecule has 0 saturated heterocycles. The molecule has 0 aliphatic carbocycles. The van der Waals surface area contributed by atoms with E-state index in [9.17, 15) is 0 Å². The number of hydrogen-bond acceptors (Lipinski definition) is 1. The minimum Gasteiger partial charge on any atom is -0.330 e. The van der Waals surface area contributed by atoms with E-state index in [1.807, 2.05) is 0 Å². The summed E-state index contributed by atoms with van der Waals surface area (Å²) < 4.78 is 0. The van der Waals surface area contributed by atoms with Gasteiger partial charge in [-0.1, -0.05) is 25.5 Å². The zero-order valence-corrected chi connectivity index (χ0v) is 7.14. The van der Waals surface area contributed by atoms with Gasteiger partial charge in [-0.15, -0.1) is 0 Å². The Balaban J connectivity index is 3.50. The summed E-state index contributed by atoms with van der Waals surface area (Å²) in [5.41, 5.74) is 5.46. The van der Waals surface area contributed by atoms with Crippen molar-refractivity contribution in [1.29, 1.82) is 0 Å². The van der Waals surface area contributed by atoms with E-state index in [2.05, 4.69) is 26.0 Å². The molecule has 0 aromatic heterocycles. The average molecular weight is 141 g/mol. The van der Waals surface area contributed by atoms with E-state index in [-0.39, 0.29) is 0 Å². The van der Waals surface area contributed by atoms with Gasteiger partial charge in [0.1, 0.15) is 0 Å². The van der Waals surface area contributed by atoms with Crippen LogP contribution in [0.1, 0.15) is 33.1 Å². The van der Waals surface area contributed by atoms with Gasteiger partial charge in [-0.2, -0.15) is 0 Å². The van der Waals surface area contributed by atoms with Gasteiger partial charge in [-0.3, -0.25) is 0 Å². The molecule has 60 valence electrons. The van der Waals surface area contributed by atoms with Gasteiger partial charge in [0.05, 0.1) is 0 Å². The summed E-state index contributed by atoms with van der Waals surface area (Å²) in [6, 6.07) is 0. The van der Waals surface area contributed by atoms with E-state index in [0.717, 1.165) is 18.9 Å². The third-order valence-corrected chi connectivity index (χ3v) is 1.66. The number of allylic oxidation sites excluding steroid dienone is 2. The van der Waals surface area contributed by atoms with Crippen molar-refractivity contribution in [2.24, 2.45) is 11.7 Å². The standard InChI is InChI=1S/C9H19N/c1-3-5-9(6-4-2)7-8-10/h3,5,9H,4,6-8,10H2,1-2H3/t9-/m0/s1. The van der Waals surface area contributed by atoms with E-state index in [4.69, 9.17) is 5.73 Å². The van der Waals surface area contributed by atoms with Gasteiger partial charge in [-0.05, 0) is 32.2 Å². The second-order valence-corrected chi connectivity index (χ2v) is 2.65. The van der Waals surface area contributed by atoms with E-state index >= 15 is 0 Å². The quantitative estimate of drug-likeness (QED) is 0.584. The van der Waals surface area contributed by atoms with Crippen LogP contribution >= 0.6 is 0 Å². The molecule has 2 N–H and O–H groups in total. The molecule has 0 saturated carbocycles. The Hall–Kier alpha value is -0.300. The molecule has 0 aliphatic heterocycles. The van der Waals surface area contributed by atoms with Crippen LogP contribution in [-0.2, 0) is 0 Å². The molecule has 0 radical (unpaired) electrons. The average Bonchev–Trinajstić information content (AvgIpc) is 1.90. The van der Waals surface area contributed by atoms with E-state index in [0.29, 0.717) is 0 Å². The molecule has 1 nitrogen and oxygen atoms in total. The zero-order valence-electron chi connectivity index (χ0n) is 7.14. The van der Waals surface area contributed by atoms with Crippen molar-refractivity contribution in [3.63, 3.8) is 0 Å². The zero-order chi connectivity index (χ0) is 7.82. The molecule has 0 amide bonds. The molecule has 0 aromatic rings. The highest BCUT2D eigenvalue weighted by Gasteiger charge is 1.99. The predicted molar refractivity (Wildman–Crippen MR) is 46.9 cm³/mol. The van der Waals surface area contributed by atoms with Crippen LogP contribution in [0, 0.1) is 5.92 Å². The van der Waals surface area contributed by atoms with Gasteiger partial charge in [0.15, 0.2) is 0 Å². The van der Waals surface area contributed by atoms with Gasteiger partial charge in [0, 0.05) is 0 Å². The Morgan fingerprint density at radius 1 is 1.40 bits per heavy atom. The lowest BCUT2D eigenvalue weighted by atomic mass is 10.00. The topological polar surface area (TPSA) is 26.0 Å². The molecule has 0 aliphatic rings. The van der Waals surface area contributed by atoms with Crippen LogP contribution in [0.25, 0.3) is 0 Å². The Morgan fingerprint density at radius 3 is 2.50 bits per heavy atom. The van der Waals surface area contributed by atoms with Crippen molar-refractivity contribution in [1.82, 2.24) is 0 Å². The van der Waals surface area contributed by atoms with Crippen molar-refractivity contribution < 1.29 is 0 Å². The van der Waals surface area contributed by atoms with Crippen molar-refractivity contribution in [2.75, 3.05) is 6.54 Å². The lowest BCUT2D eigenvalue weighted by molar-refractivity contribution is 0.543. The van der Waals surface area contributed by atoms with Crippen LogP contribution in [0.5, 0.6) is 0 Å². The summed E-state index contributed by atoms with van der Waals surface area (Å²) in [6.45, 7) is 5.10. The highest BCUT2D eigenvalue weighted by atomic mass is 14.5. The largest absolute Gasteiger partial charge is 0.330 e. The van der Waals surface area contributed by atoms with Gasteiger partial charge in [-0.25, -0.2) is 0 Å². The lowest BCUT2D eigenvalue weighted by Crippen LogP contribution is -2.06. The van der Waals surface area contributed by atoms with Crippen molar-refractivity contribution in [3.8, 4) is 0 Å². The molecular weight excluding hydrogens is 122 g/mol. The molecule has 0 bridgehead atoms. The van der Waals surface area contributed by atoms with E-state index < -0.39 is 0 Å². The van der Waals surface area contributed by atoms with Crippen LogP contribution in [0.2, 0.25) is 0 Å². The fraction of sp³-hybridized carbons (Fsp3) is 0.778. The first-order valence-electron chi connectivity index (χ1n) is 4.18. The summed E-state index contributed by atoms with van der Waals surface area (Å²) in [5, 5.41) is 0. The molecule has 1 heteroatoms. The van der Waals surface area contributed by atoms with Crippen LogP contribution in [0.3, 0.4) is 0 Å². The van der Waals surface area contributed by atoms with Gasteiger partial charge < -0.3 is 5.73 Å². The van der Waals surface area contributed by atoms with Gasteiger partial charge in [0.25, 0.3) is 0 Å². The molecule has 1 atom stereocenters. The SMILES string of the molecule is CC=C[C@@H](CCC)CCN. The molecule has 0 fully saturated rings. The summed E-state index contributed by atoms with van der Waals surface area (Å²) in [5.74, 6) is 0.722. The first kappa shape index (κ1) is 9.70. The summed E-state index contributed by atoms with van der Waals surface area (Å²) in [6.07, 6.45) is 8.06. The van der Waals surface area contributed by atoms with Crippen molar-refractivity contribution in [2.45, 2.75) is 33.1 Å². The predicted octanol–water partition coefficient (Wildman–Crippen LogP) is 2.33. The summed E-state index contributed by atoms with van der Waals surface area (Å²) in [4.78, 5) is 0. The van der Waals surface area contributed by atoms with Crippen LogP contribution in [0.4, 0.5) is 0 Å². The Kier molecular flexibility index (Phi) is 6.61. The molecular formula is C9H19N. The fourth-order valence-electron chi connectivity index (χ4n) is 1.19. The second kappa shape index (κ2) is 6.81. The maximum Gasteiger partial charge on any atom is -0.00717 e. The van der Waals surface area contributed by atoms with Crippen LogP contribution in [0.15, 0.2) is 12.2 Å². The number of rotatable bonds is 5. The Morgan fingerprint density at radius 2 is 2.10 bits per heavy atom. The Labute approximate surface area is 64.3 Å². The highest BCUT2D eigenvalue weighted by molar-refractivity contribution is 4.85. The van der Waals surface area contributed by atoms with Crippen molar-refractivity contribution in [3.05, 3.63) is 12.2 Å². The normalized spacial score (nSPS) is 14.3. The van der Waals surface area contributed by atoms with Crippen molar-refractivity contribution >= 4 is 0 Å². The van der Waals surface area contributed by atoms with Crippen LogP contribution < -0.4 is 5.73 Å². The second-order valence-electron chi connectivity index (χ2n) is 2.65. The number of hydrogen-bond donors (Lipinski definition) is 1. The van der Waals surface area contributed by atoms with Gasteiger partial charge in [0.2, 0.25) is 0 Å². The summed E-state index contributed by atoms with van der Waals surface area (Å²) in [7, 11) is 0. The lowest BCUT2D eigenvalue weighted by Gasteiger charge is -2.08. The minimum atomic E-state index is 0.722. The first-order valence-corrected chi connectivity index (χ1v) is 4.18. The first-order chi connectivity index (χ1) is 4.85. The van der Waals surface area contributed by atoms with Crippen LogP contribution in [-0.4, -0.2) is 6.54 Å². The third-order valence-electron chi connectivity index (χ3n) is 1.66. The smallest absolute Gasteiger partial charge is 0.00717 e. The molecule has 10 heavy (non-hydrogen) atoms. The molecule has 0 aromatic carbocycles. The minimum absolute atomic E-state index is 0.722. The molecule has 0 rings (SSSR count). The van der Waals surface area contributed by atoms with Gasteiger partial charge >= 0.3 is 0 Å². The Bertz CT molecular complexity index is 80.7. The molecule has 0 spiro atoms. The highest BCUT2D eigenvalue weighted by Crippen LogP contribution is 2.11. The monoisotopic (exact) mass is 141 g/mol. The molecule has 0 unspecified atom stereocenters. The van der Waals surface area contributed by atoms with E-state index in [1.165, 1.54) is 12.8 Å². The fourth-order valence-corrected chi connectivity index (χ4v) is 1.19. The maximum atomic E-state index is 5.46. The maximum absolute atomic E-state index is 5.46. The molecule has 0 heterocycles. The third kappa shape index (κ3) is 4.57.